The third-order valence-electron chi connectivity index (χ3n) is 3.81. The fraction of sp³-hybridized carbons (Fsp3) is 0.0526. The van der Waals surface area contributed by atoms with E-state index in [0.717, 1.165) is 5.56 Å². The van der Waals surface area contributed by atoms with Gasteiger partial charge in [0, 0.05) is 10.9 Å². The molecule has 2 heterocycles. The van der Waals surface area contributed by atoms with Crippen LogP contribution in [0.2, 0.25) is 0 Å². The van der Waals surface area contributed by atoms with E-state index in [0.29, 0.717) is 16.7 Å². The number of H-pyrrole nitrogens is 1. The maximum absolute atomic E-state index is 12.3. The van der Waals surface area contributed by atoms with Crippen molar-refractivity contribution < 1.29 is 13.9 Å². The van der Waals surface area contributed by atoms with Crippen LogP contribution < -0.4 is 5.43 Å². The van der Waals surface area contributed by atoms with Gasteiger partial charge in [0.05, 0.1) is 11.7 Å². The molecule has 128 valence electrons. The second-order valence-corrected chi connectivity index (χ2v) is 5.51. The molecule has 0 aliphatic carbocycles. The number of carbonyl (C=O) groups excluding carboxylic acids is 1. The van der Waals surface area contributed by atoms with E-state index in [1.807, 2.05) is 30.3 Å². The highest BCUT2D eigenvalue weighted by atomic mass is 16.5. The lowest BCUT2D eigenvalue weighted by Gasteiger charge is -2.02. The Balaban J connectivity index is 1.50. The zero-order chi connectivity index (χ0) is 17.9. The molecule has 0 atom stereocenters. The summed E-state index contributed by atoms with van der Waals surface area (Å²) in [6.07, 6.45) is 1.56. The number of esters is 1. The first-order chi connectivity index (χ1) is 12.7. The molecular weight excluding hydrogens is 334 g/mol. The van der Waals surface area contributed by atoms with E-state index in [1.165, 1.54) is 0 Å². The van der Waals surface area contributed by atoms with Crippen molar-refractivity contribution in [1.82, 2.24) is 15.2 Å². The number of carbonyl (C=O) groups is 1. The number of aromatic amines is 1. The van der Waals surface area contributed by atoms with Crippen molar-refractivity contribution >= 4 is 16.9 Å². The third kappa shape index (κ3) is 2.98. The standard InChI is InChI=1S/C19H13N3O4/c23-18-13-8-4-5-9-14(13)21-22-17(18)19(24)25-11-16-20-10-15(26-16)12-6-2-1-3-7-12/h1-10H,11H2,(H,21,23). The van der Waals surface area contributed by atoms with Gasteiger partial charge in [-0.2, -0.15) is 5.10 Å². The van der Waals surface area contributed by atoms with Crippen molar-refractivity contribution in [3.8, 4) is 11.3 Å². The van der Waals surface area contributed by atoms with Crippen molar-refractivity contribution in [2.45, 2.75) is 6.61 Å². The molecule has 0 fully saturated rings. The molecule has 0 aliphatic heterocycles. The van der Waals surface area contributed by atoms with Crippen LogP contribution in [-0.4, -0.2) is 21.2 Å². The number of hydrogen-bond acceptors (Lipinski definition) is 6. The van der Waals surface area contributed by atoms with Crippen LogP contribution in [-0.2, 0) is 11.3 Å². The number of nitrogens with zero attached hydrogens (tertiary/aromatic N) is 2. The topological polar surface area (TPSA) is 98.1 Å². The van der Waals surface area contributed by atoms with Gasteiger partial charge in [-0.1, -0.05) is 42.5 Å². The normalized spacial score (nSPS) is 10.8. The minimum atomic E-state index is -0.837. The van der Waals surface area contributed by atoms with Crippen LogP contribution >= 0.6 is 0 Å². The number of aromatic nitrogens is 3. The fourth-order valence-electron chi connectivity index (χ4n) is 2.52. The first-order valence-corrected chi connectivity index (χ1v) is 7.87. The molecule has 0 amide bonds. The van der Waals surface area contributed by atoms with Crippen LogP contribution in [0, 0.1) is 0 Å². The second-order valence-electron chi connectivity index (χ2n) is 5.51. The Labute approximate surface area is 147 Å². The molecule has 0 unspecified atom stereocenters. The van der Waals surface area contributed by atoms with Gasteiger partial charge in [-0.3, -0.25) is 9.89 Å². The van der Waals surface area contributed by atoms with Crippen LogP contribution in [0.25, 0.3) is 22.2 Å². The van der Waals surface area contributed by atoms with Gasteiger partial charge in [-0.25, -0.2) is 9.78 Å². The molecule has 2 aromatic carbocycles. The van der Waals surface area contributed by atoms with Crippen molar-refractivity contribution in [1.29, 1.82) is 0 Å². The van der Waals surface area contributed by atoms with Gasteiger partial charge in [0.2, 0.25) is 17.0 Å². The summed E-state index contributed by atoms with van der Waals surface area (Å²) in [6, 6.07) is 16.2. The minimum Gasteiger partial charge on any atom is -0.451 e. The molecular formula is C19H13N3O4. The van der Waals surface area contributed by atoms with Gasteiger partial charge in [0.15, 0.2) is 12.4 Å². The summed E-state index contributed by atoms with van der Waals surface area (Å²) < 4.78 is 10.7. The van der Waals surface area contributed by atoms with Crippen LogP contribution in [0.1, 0.15) is 16.4 Å². The average Bonchev–Trinajstić information content (AvgIpc) is 3.16. The number of ether oxygens (including phenoxy) is 1. The van der Waals surface area contributed by atoms with Crippen LogP contribution in [0.5, 0.6) is 0 Å². The molecule has 0 saturated heterocycles. The Morgan fingerprint density at radius 2 is 1.85 bits per heavy atom. The van der Waals surface area contributed by atoms with E-state index < -0.39 is 11.4 Å². The Morgan fingerprint density at radius 3 is 2.69 bits per heavy atom. The lowest BCUT2D eigenvalue weighted by molar-refractivity contribution is 0.0429. The SMILES string of the molecule is O=C(OCc1ncc(-c2ccccc2)o1)c1n[nH]c2ccccc2c1=O. The molecule has 0 bridgehead atoms. The maximum atomic E-state index is 12.3. The zero-order valence-corrected chi connectivity index (χ0v) is 13.5. The van der Waals surface area contributed by atoms with Crippen LogP contribution in [0.4, 0.5) is 0 Å². The molecule has 1 N–H and O–H groups in total. The highest BCUT2D eigenvalue weighted by molar-refractivity contribution is 5.91. The summed E-state index contributed by atoms with van der Waals surface area (Å²) in [7, 11) is 0. The quantitative estimate of drug-likeness (QED) is 0.570. The number of rotatable bonds is 4. The Morgan fingerprint density at radius 1 is 1.08 bits per heavy atom. The molecule has 2 aromatic heterocycles. The zero-order valence-electron chi connectivity index (χ0n) is 13.5. The lowest BCUT2D eigenvalue weighted by atomic mass is 10.2. The number of fused-ring (bicyclic) bond motifs is 1. The van der Waals surface area contributed by atoms with Gasteiger partial charge in [-0.15, -0.1) is 0 Å². The highest BCUT2D eigenvalue weighted by Gasteiger charge is 2.17. The van der Waals surface area contributed by atoms with E-state index in [2.05, 4.69) is 15.2 Å². The first kappa shape index (κ1) is 15.8. The Bertz CT molecular complexity index is 1130. The minimum absolute atomic E-state index is 0.195. The predicted molar refractivity (Wildman–Crippen MR) is 93.4 cm³/mol. The lowest BCUT2D eigenvalue weighted by Crippen LogP contribution is -2.20. The summed E-state index contributed by atoms with van der Waals surface area (Å²) >= 11 is 0. The molecule has 26 heavy (non-hydrogen) atoms. The van der Waals surface area contributed by atoms with Crippen LogP contribution in [0.3, 0.4) is 0 Å². The van der Waals surface area contributed by atoms with Crippen molar-refractivity contribution in [3.05, 3.63) is 82.6 Å². The van der Waals surface area contributed by atoms with E-state index >= 15 is 0 Å². The first-order valence-electron chi connectivity index (χ1n) is 7.87. The fourth-order valence-corrected chi connectivity index (χ4v) is 2.52. The molecule has 7 heteroatoms. The molecule has 0 saturated carbocycles. The second kappa shape index (κ2) is 6.64. The Kier molecular flexibility index (Phi) is 4.03. The van der Waals surface area contributed by atoms with Gasteiger partial charge in [0.25, 0.3) is 0 Å². The van der Waals surface area contributed by atoms with E-state index in [1.54, 1.807) is 30.5 Å². The molecule has 4 rings (SSSR count). The number of oxazole rings is 1. The van der Waals surface area contributed by atoms with Gasteiger partial charge in [0.1, 0.15) is 0 Å². The van der Waals surface area contributed by atoms with E-state index in [-0.39, 0.29) is 18.2 Å². The van der Waals surface area contributed by atoms with Gasteiger partial charge >= 0.3 is 5.97 Å². The molecule has 0 radical (unpaired) electrons. The average molecular weight is 347 g/mol. The monoisotopic (exact) mass is 347 g/mol. The molecule has 0 aliphatic rings. The molecule has 4 aromatic rings. The van der Waals surface area contributed by atoms with Gasteiger partial charge in [-0.05, 0) is 12.1 Å². The van der Waals surface area contributed by atoms with Crippen molar-refractivity contribution in [2.24, 2.45) is 0 Å². The van der Waals surface area contributed by atoms with E-state index in [4.69, 9.17) is 9.15 Å². The third-order valence-corrected chi connectivity index (χ3v) is 3.81. The van der Waals surface area contributed by atoms with Crippen molar-refractivity contribution in [3.63, 3.8) is 0 Å². The summed E-state index contributed by atoms with van der Waals surface area (Å²) in [5, 5.41) is 6.86. The summed E-state index contributed by atoms with van der Waals surface area (Å²) in [5.41, 5.74) is 0.625. The maximum Gasteiger partial charge on any atom is 0.363 e. The van der Waals surface area contributed by atoms with E-state index in [9.17, 15) is 9.59 Å². The molecule has 7 nitrogen and oxygen atoms in total. The summed E-state index contributed by atoms with van der Waals surface area (Å²) in [6.45, 7) is -0.195. The highest BCUT2D eigenvalue weighted by Crippen LogP contribution is 2.20. The number of hydrogen-bond donors (Lipinski definition) is 1. The number of para-hydroxylation sites is 1. The Hall–Kier alpha value is -3.74. The number of benzene rings is 2. The summed E-state index contributed by atoms with van der Waals surface area (Å²) in [4.78, 5) is 28.6. The smallest absolute Gasteiger partial charge is 0.363 e. The van der Waals surface area contributed by atoms with Crippen molar-refractivity contribution in [2.75, 3.05) is 0 Å². The van der Waals surface area contributed by atoms with Gasteiger partial charge < -0.3 is 9.15 Å². The van der Waals surface area contributed by atoms with Crippen LogP contribution in [0.15, 0.2) is 70.0 Å². The predicted octanol–water partition coefficient (Wildman–Crippen LogP) is 2.94. The summed E-state index contributed by atoms with van der Waals surface area (Å²) in [5.74, 6) is -0.0378. The molecule has 0 spiro atoms. The largest absolute Gasteiger partial charge is 0.451 e. The number of nitrogens with one attached hydrogen (secondary N) is 1.